The zero-order valence-corrected chi connectivity index (χ0v) is 11.9. The number of anilines is 3. The number of nitrogen functional groups attached to an aromatic ring is 1. The molecule has 0 unspecified atom stereocenters. The smallest absolute Gasteiger partial charge is 0.323 e. The van der Waals surface area contributed by atoms with Gasteiger partial charge >= 0.3 is 6.01 Å². The van der Waals surface area contributed by atoms with Crippen molar-refractivity contribution in [2.45, 2.75) is 13.8 Å². The lowest BCUT2D eigenvalue weighted by molar-refractivity contribution is 0.312. The number of aromatic nitrogens is 3. The molecule has 0 bridgehead atoms. The molecule has 2 aromatic rings. The van der Waals surface area contributed by atoms with E-state index >= 15 is 0 Å². The first-order valence-electron chi connectivity index (χ1n) is 6.01. The maximum Gasteiger partial charge on any atom is 0.323 e. The first-order chi connectivity index (χ1) is 9.63. The second-order valence-corrected chi connectivity index (χ2v) is 4.29. The van der Waals surface area contributed by atoms with Crippen LogP contribution in [0.4, 0.5) is 17.6 Å². The van der Waals surface area contributed by atoms with Gasteiger partial charge in [0.1, 0.15) is 0 Å². The number of hydrogen-bond acceptors (Lipinski definition) is 7. The SMILES string of the molecule is CCOc1nc(NN)nc(Nc2cccc(Cl)c2C)n1. The lowest BCUT2D eigenvalue weighted by Crippen LogP contribution is -2.13. The van der Waals surface area contributed by atoms with Crippen LogP contribution in [-0.2, 0) is 0 Å². The van der Waals surface area contributed by atoms with E-state index in [4.69, 9.17) is 22.2 Å². The van der Waals surface area contributed by atoms with Crippen molar-refractivity contribution in [3.8, 4) is 6.01 Å². The van der Waals surface area contributed by atoms with Gasteiger partial charge in [-0.05, 0) is 31.5 Å². The van der Waals surface area contributed by atoms with Crippen LogP contribution in [0.3, 0.4) is 0 Å². The van der Waals surface area contributed by atoms with Gasteiger partial charge in [0.2, 0.25) is 11.9 Å². The van der Waals surface area contributed by atoms with Gasteiger partial charge in [0.05, 0.1) is 6.61 Å². The van der Waals surface area contributed by atoms with Crippen molar-refractivity contribution in [1.29, 1.82) is 0 Å². The lowest BCUT2D eigenvalue weighted by atomic mass is 10.2. The van der Waals surface area contributed by atoms with Gasteiger partial charge in [0, 0.05) is 10.7 Å². The topological polar surface area (TPSA) is 98.0 Å². The molecule has 0 amide bonds. The Morgan fingerprint density at radius 2 is 2.00 bits per heavy atom. The van der Waals surface area contributed by atoms with Crippen LogP contribution in [0, 0.1) is 6.92 Å². The number of hydrogen-bond donors (Lipinski definition) is 3. The summed E-state index contributed by atoms with van der Waals surface area (Å²) in [6.07, 6.45) is 0. The number of ether oxygens (including phenoxy) is 1. The molecule has 8 heteroatoms. The zero-order chi connectivity index (χ0) is 14.5. The van der Waals surface area contributed by atoms with Crippen molar-refractivity contribution < 1.29 is 4.74 Å². The highest BCUT2D eigenvalue weighted by atomic mass is 35.5. The molecule has 1 heterocycles. The first kappa shape index (κ1) is 14.3. The molecule has 4 N–H and O–H groups in total. The minimum atomic E-state index is 0.192. The molecule has 0 spiro atoms. The summed E-state index contributed by atoms with van der Waals surface area (Å²) in [4.78, 5) is 12.2. The average molecular weight is 295 g/mol. The highest BCUT2D eigenvalue weighted by Crippen LogP contribution is 2.25. The van der Waals surface area contributed by atoms with Crippen LogP contribution < -0.4 is 21.3 Å². The molecule has 0 aliphatic carbocycles. The Labute approximate surface area is 121 Å². The van der Waals surface area contributed by atoms with E-state index in [2.05, 4.69) is 25.7 Å². The second kappa shape index (κ2) is 6.36. The van der Waals surface area contributed by atoms with E-state index in [1.807, 2.05) is 32.0 Å². The number of halogens is 1. The minimum absolute atomic E-state index is 0.192. The van der Waals surface area contributed by atoms with Gasteiger partial charge in [-0.1, -0.05) is 17.7 Å². The van der Waals surface area contributed by atoms with Gasteiger partial charge in [-0.15, -0.1) is 0 Å². The average Bonchev–Trinajstić information content (AvgIpc) is 2.44. The van der Waals surface area contributed by atoms with Crippen molar-refractivity contribution in [2.24, 2.45) is 5.84 Å². The van der Waals surface area contributed by atoms with Crippen molar-refractivity contribution in [2.75, 3.05) is 17.3 Å². The molecule has 1 aromatic carbocycles. The van der Waals surface area contributed by atoms with E-state index in [0.717, 1.165) is 11.3 Å². The van der Waals surface area contributed by atoms with Gasteiger partial charge < -0.3 is 10.1 Å². The lowest BCUT2D eigenvalue weighted by Gasteiger charge is -2.11. The molecule has 0 fully saturated rings. The molecular formula is C12H15ClN6O. The van der Waals surface area contributed by atoms with Crippen LogP contribution in [0.25, 0.3) is 0 Å². The number of hydrazine groups is 1. The molecule has 0 saturated carbocycles. The predicted molar refractivity (Wildman–Crippen MR) is 78.3 cm³/mol. The van der Waals surface area contributed by atoms with E-state index < -0.39 is 0 Å². The molecule has 2 rings (SSSR count). The van der Waals surface area contributed by atoms with Crippen molar-refractivity contribution in [3.63, 3.8) is 0 Å². The highest BCUT2D eigenvalue weighted by Gasteiger charge is 2.09. The van der Waals surface area contributed by atoms with Crippen LogP contribution in [0.15, 0.2) is 18.2 Å². The van der Waals surface area contributed by atoms with Crippen molar-refractivity contribution >= 4 is 29.2 Å². The fraction of sp³-hybridized carbons (Fsp3) is 0.250. The number of nitrogens with zero attached hydrogens (tertiary/aromatic N) is 3. The van der Waals surface area contributed by atoms with E-state index in [-0.39, 0.29) is 12.0 Å². The number of nitrogens with two attached hydrogens (primary N) is 1. The third-order valence-corrected chi connectivity index (χ3v) is 2.94. The summed E-state index contributed by atoms with van der Waals surface area (Å²) in [6.45, 7) is 4.19. The van der Waals surface area contributed by atoms with E-state index in [1.54, 1.807) is 0 Å². The molecule has 0 atom stereocenters. The molecule has 106 valence electrons. The van der Waals surface area contributed by atoms with Crippen LogP contribution in [0.5, 0.6) is 6.01 Å². The maximum atomic E-state index is 6.07. The summed E-state index contributed by atoms with van der Waals surface area (Å²) in [5.41, 5.74) is 4.07. The number of rotatable bonds is 5. The summed E-state index contributed by atoms with van der Waals surface area (Å²) < 4.78 is 5.26. The molecular weight excluding hydrogens is 280 g/mol. The van der Waals surface area contributed by atoms with E-state index in [1.165, 1.54) is 0 Å². The van der Waals surface area contributed by atoms with Gasteiger partial charge in [0.25, 0.3) is 0 Å². The molecule has 1 aromatic heterocycles. The Morgan fingerprint density at radius 1 is 1.25 bits per heavy atom. The van der Waals surface area contributed by atoms with E-state index in [9.17, 15) is 0 Å². The molecule has 20 heavy (non-hydrogen) atoms. The Bertz CT molecular complexity index is 606. The van der Waals surface area contributed by atoms with Gasteiger partial charge in [-0.3, -0.25) is 5.43 Å². The summed E-state index contributed by atoms with van der Waals surface area (Å²) in [7, 11) is 0. The summed E-state index contributed by atoms with van der Waals surface area (Å²) in [5, 5.41) is 3.72. The van der Waals surface area contributed by atoms with Gasteiger partial charge in [-0.2, -0.15) is 15.0 Å². The number of nitrogens with one attached hydrogen (secondary N) is 2. The summed E-state index contributed by atoms with van der Waals surface area (Å²) in [6, 6.07) is 5.72. The van der Waals surface area contributed by atoms with E-state index in [0.29, 0.717) is 17.6 Å². The Hall–Kier alpha value is -2.12. The van der Waals surface area contributed by atoms with Crippen LogP contribution in [0.2, 0.25) is 5.02 Å². The zero-order valence-electron chi connectivity index (χ0n) is 11.1. The Balaban J connectivity index is 2.32. The van der Waals surface area contributed by atoms with Crippen LogP contribution in [0.1, 0.15) is 12.5 Å². The Kier molecular flexibility index (Phi) is 4.54. The normalized spacial score (nSPS) is 10.2. The predicted octanol–water partition coefficient (Wildman–Crippen LogP) is 2.26. The molecule has 0 saturated heterocycles. The maximum absolute atomic E-state index is 6.07. The van der Waals surface area contributed by atoms with Crippen molar-refractivity contribution in [1.82, 2.24) is 15.0 Å². The Morgan fingerprint density at radius 3 is 2.70 bits per heavy atom. The number of benzene rings is 1. The molecule has 0 aliphatic heterocycles. The molecule has 0 aliphatic rings. The molecule has 7 nitrogen and oxygen atoms in total. The fourth-order valence-corrected chi connectivity index (χ4v) is 1.71. The highest BCUT2D eigenvalue weighted by molar-refractivity contribution is 6.31. The largest absolute Gasteiger partial charge is 0.464 e. The quantitative estimate of drug-likeness (QED) is 0.574. The molecule has 0 radical (unpaired) electrons. The summed E-state index contributed by atoms with van der Waals surface area (Å²) in [5.74, 6) is 5.86. The minimum Gasteiger partial charge on any atom is -0.464 e. The first-order valence-corrected chi connectivity index (χ1v) is 6.39. The van der Waals surface area contributed by atoms with Crippen molar-refractivity contribution in [3.05, 3.63) is 28.8 Å². The summed E-state index contributed by atoms with van der Waals surface area (Å²) >= 11 is 6.07. The van der Waals surface area contributed by atoms with Crippen LogP contribution in [-0.4, -0.2) is 21.6 Å². The standard InChI is InChI=1S/C12H15ClN6O/c1-3-20-12-17-10(16-11(18-12)19-14)15-9-6-4-5-8(13)7(9)2/h4-6H,3,14H2,1-2H3,(H2,15,16,17,18,19). The van der Waals surface area contributed by atoms with Gasteiger partial charge in [-0.25, -0.2) is 5.84 Å². The monoisotopic (exact) mass is 294 g/mol. The second-order valence-electron chi connectivity index (χ2n) is 3.88. The third-order valence-electron chi connectivity index (χ3n) is 2.53. The third kappa shape index (κ3) is 3.25. The van der Waals surface area contributed by atoms with Gasteiger partial charge in [0.15, 0.2) is 0 Å². The fourth-order valence-electron chi connectivity index (χ4n) is 1.53. The van der Waals surface area contributed by atoms with Crippen LogP contribution >= 0.6 is 11.6 Å².